The number of carboxylic acid groups (broad SMARTS) is 1. The SMILES string of the molecule is Cc1ccc(Nc2ccc(F)cc2Br)c(C(=O)O)c1. The summed E-state index contributed by atoms with van der Waals surface area (Å²) in [4.78, 5) is 11.2. The maximum Gasteiger partial charge on any atom is 0.337 e. The van der Waals surface area contributed by atoms with Crippen molar-refractivity contribution in [3.8, 4) is 0 Å². The van der Waals surface area contributed by atoms with Gasteiger partial charge in [0.25, 0.3) is 0 Å². The summed E-state index contributed by atoms with van der Waals surface area (Å²) in [5, 5.41) is 12.2. The number of hydrogen-bond donors (Lipinski definition) is 2. The van der Waals surface area contributed by atoms with Crippen LogP contribution in [0.3, 0.4) is 0 Å². The van der Waals surface area contributed by atoms with Gasteiger partial charge < -0.3 is 10.4 Å². The second-order valence-corrected chi connectivity index (χ2v) is 4.96. The average Bonchev–Trinajstić information content (AvgIpc) is 2.34. The molecule has 3 nitrogen and oxygen atoms in total. The first-order valence-electron chi connectivity index (χ1n) is 5.53. The number of nitrogens with one attached hydrogen (secondary N) is 1. The largest absolute Gasteiger partial charge is 0.478 e. The molecule has 0 aliphatic carbocycles. The Balaban J connectivity index is 2.40. The Morgan fingerprint density at radius 3 is 2.53 bits per heavy atom. The molecule has 2 aromatic rings. The Morgan fingerprint density at radius 1 is 1.21 bits per heavy atom. The van der Waals surface area contributed by atoms with Crippen LogP contribution in [0.4, 0.5) is 15.8 Å². The highest BCUT2D eigenvalue weighted by Crippen LogP contribution is 2.28. The van der Waals surface area contributed by atoms with E-state index in [1.165, 1.54) is 12.1 Å². The van der Waals surface area contributed by atoms with Gasteiger partial charge in [0.2, 0.25) is 0 Å². The number of anilines is 2. The molecule has 0 aromatic heterocycles. The number of halogens is 2. The molecule has 0 bridgehead atoms. The van der Waals surface area contributed by atoms with Crippen LogP contribution in [0, 0.1) is 12.7 Å². The number of benzene rings is 2. The van der Waals surface area contributed by atoms with Gasteiger partial charge >= 0.3 is 5.97 Å². The molecule has 0 aliphatic rings. The van der Waals surface area contributed by atoms with Crippen LogP contribution in [-0.2, 0) is 0 Å². The average molecular weight is 324 g/mol. The zero-order valence-corrected chi connectivity index (χ0v) is 11.7. The summed E-state index contributed by atoms with van der Waals surface area (Å²) in [6.07, 6.45) is 0. The fourth-order valence-corrected chi connectivity index (χ4v) is 2.13. The van der Waals surface area contributed by atoms with E-state index in [9.17, 15) is 9.18 Å². The van der Waals surface area contributed by atoms with Crippen LogP contribution in [-0.4, -0.2) is 11.1 Å². The highest BCUT2D eigenvalue weighted by Gasteiger charge is 2.11. The molecule has 0 aliphatic heterocycles. The maximum atomic E-state index is 13.0. The van der Waals surface area contributed by atoms with E-state index < -0.39 is 5.97 Å². The molecule has 98 valence electrons. The normalized spacial score (nSPS) is 10.3. The molecule has 0 unspecified atom stereocenters. The van der Waals surface area contributed by atoms with Gasteiger partial charge in [-0.3, -0.25) is 0 Å². The van der Waals surface area contributed by atoms with Crippen molar-refractivity contribution in [1.29, 1.82) is 0 Å². The fourth-order valence-electron chi connectivity index (χ4n) is 1.68. The van der Waals surface area contributed by atoms with Crippen LogP contribution in [0.5, 0.6) is 0 Å². The molecule has 0 amide bonds. The summed E-state index contributed by atoms with van der Waals surface area (Å²) in [6, 6.07) is 9.26. The summed E-state index contributed by atoms with van der Waals surface area (Å²) < 4.78 is 13.5. The van der Waals surface area contributed by atoms with Crippen molar-refractivity contribution >= 4 is 33.3 Å². The van der Waals surface area contributed by atoms with Gasteiger partial charge in [-0.2, -0.15) is 0 Å². The lowest BCUT2D eigenvalue weighted by atomic mass is 10.1. The van der Waals surface area contributed by atoms with Crippen LogP contribution in [0.2, 0.25) is 0 Å². The topological polar surface area (TPSA) is 49.3 Å². The second kappa shape index (κ2) is 5.40. The smallest absolute Gasteiger partial charge is 0.337 e. The van der Waals surface area contributed by atoms with Crippen LogP contribution in [0.25, 0.3) is 0 Å². The third-order valence-corrected chi connectivity index (χ3v) is 3.26. The standard InChI is InChI=1S/C14H11BrFNO2/c1-8-2-4-12(10(6-8)14(18)19)17-13-5-3-9(16)7-11(13)15/h2-7,17H,1H3,(H,18,19). The van der Waals surface area contributed by atoms with Gasteiger partial charge in [0, 0.05) is 4.47 Å². The van der Waals surface area contributed by atoms with Gasteiger partial charge in [-0.1, -0.05) is 11.6 Å². The molecule has 0 saturated carbocycles. The Labute approximate surface area is 118 Å². The monoisotopic (exact) mass is 323 g/mol. The van der Waals surface area contributed by atoms with E-state index in [1.807, 2.05) is 13.0 Å². The van der Waals surface area contributed by atoms with E-state index in [4.69, 9.17) is 5.11 Å². The molecular weight excluding hydrogens is 313 g/mol. The van der Waals surface area contributed by atoms with Gasteiger partial charge in [-0.25, -0.2) is 9.18 Å². The van der Waals surface area contributed by atoms with E-state index in [0.29, 0.717) is 15.8 Å². The lowest BCUT2D eigenvalue weighted by Gasteiger charge is -2.12. The van der Waals surface area contributed by atoms with E-state index >= 15 is 0 Å². The minimum Gasteiger partial charge on any atom is -0.478 e. The summed E-state index contributed by atoms with van der Waals surface area (Å²) in [5.74, 6) is -1.37. The number of carboxylic acids is 1. The molecule has 0 radical (unpaired) electrons. The van der Waals surface area contributed by atoms with Gasteiger partial charge in [0.15, 0.2) is 0 Å². The highest BCUT2D eigenvalue weighted by atomic mass is 79.9. The Hall–Kier alpha value is -1.88. The molecule has 0 saturated heterocycles. The van der Waals surface area contributed by atoms with Gasteiger partial charge in [0.1, 0.15) is 5.82 Å². The zero-order valence-electron chi connectivity index (χ0n) is 10.1. The predicted octanol–water partition coefficient (Wildman–Crippen LogP) is 4.34. The van der Waals surface area contributed by atoms with Gasteiger partial charge in [-0.05, 0) is 53.2 Å². The molecule has 2 rings (SSSR count). The van der Waals surface area contributed by atoms with Crippen LogP contribution in [0.15, 0.2) is 40.9 Å². The van der Waals surface area contributed by atoms with Gasteiger partial charge in [-0.15, -0.1) is 0 Å². The number of carbonyl (C=O) groups is 1. The summed E-state index contributed by atoms with van der Waals surface area (Å²) in [7, 11) is 0. The van der Waals surface area contributed by atoms with Crippen molar-refractivity contribution in [3.05, 3.63) is 57.8 Å². The number of hydrogen-bond acceptors (Lipinski definition) is 2. The van der Waals surface area contributed by atoms with E-state index in [2.05, 4.69) is 21.2 Å². The molecule has 0 atom stereocenters. The van der Waals surface area contributed by atoms with Crippen molar-refractivity contribution < 1.29 is 14.3 Å². The molecule has 19 heavy (non-hydrogen) atoms. The molecular formula is C14H11BrFNO2. The minimum atomic E-state index is -1.01. The van der Waals surface area contributed by atoms with Crippen molar-refractivity contribution in [2.75, 3.05) is 5.32 Å². The maximum absolute atomic E-state index is 13.0. The lowest BCUT2D eigenvalue weighted by Crippen LogP contribution is -2.03. The van der Waals surface area contributed by atoms with Crippen molar-refractivity contribution in [2.45, 2.75) is 6.92 Å². The quantitative estimate of drug-likeness (QED) is 0.883. The predicted molar refractivity (Wildman–Crippen MR) is 75.5 cm³/mol. The first-order chi connectivity index (χ1) is 8.97. The molecule has 2 N–H and O–H groups in total. The highest BCUT2D eigenvalue weighted by molar-refractivity contribution is 9.10. The molecule has 5 heteroatoms. The Bertz CT molecular complexity index is 643. The van der Waals surface area contributed by atoms with E-state index in [1.54, 1.807) is 18.2 Å². The Morgan fingerprint density at radius 2 is 1.89 bits per heavy atom. The van der Waals surface area contributed by atoms with Crippen LogP contribution < -0.4 is 5.32 Å². The van der Waals surface area contributed by atoms with Crippen molar-refractivity contribution in [2.24, 2.45) is 0 Å². The molecule has 2 aromatic carbocycles. The molecule has 0 heterocycles. The first kappa shape index (κ1) is 13.5. The van der Waals surface area contributed by atoms with Crippen molar-refractivity contribution in [3.63, 3.8) is 0 Å². The van der Waals surface area contributed by atoms with Crippen LogP contribution >= 0.6 is 15.9 Å². The second-order valence-electron chi connectivity index (χ2n) is 4.10. The van der Waals surface area contributed by atoms with Crippen molar-refractivity contribution in [1.82, 2.24) is 0 Å². The van der Waals surface area contributed by atoms with E-state index in [-0.39, 0.29) is 11.4 Å². The van der Waals surface area contributed by atoms with Crippen LogP contribution in [0.1, 0.15) is 15.9 Å². The summed E-state index contributed by atoms with van der Waals surface area (Å²) >= 11 is 3.23. The number of rotatable bonds is 3. The van der Waals surface area contributed by atoms with Gasteiger partial charge in [0.05, 0.1) is 16.9 Å². The van der Waals surface area contributed by atoms with E-state index in [0.717, 1.165) is 5.56 Å². The first-order valence-corrected chi connectivity index (χ1v) is 6.32. The third-order valence-electron chi connectivity index (χ3n) is 2.61. The number of aryl methyl sites for hydroxylation is 1. The zero-order chi connectivity index (χ0) is 14.0. The summed E-state index contributed by atoms with van der Waals surface area (Å²) in [6.45, 7) is 1.82. The Kier molecular flexibility index (Phi) is 3.85. The fraction of sp³-hybridized carbons (Fsp3) is 0.0714. The number of aromatic carboxylic acids is 1. The minimum absolute atomic E-state index is 0.177. The lowest BCUT2D eigenvalue weighted by molar-refractivity contribution is 0.0698. The molecule has 0 fully saturated rings. The molecule has 0 spiro atoms. The summed E-state index contributed by atoms with van der Waals surface area (Å²) in [5.41, 5.74) is 2.11. The third kappa shape index (κ3) is 3.12.